The van der Waals surface area contributed by atoms with Gasteiger partial charge in [0.1, 0.15) is 12.2 Å². The molecule has 9 nitrogen and oxygen atoms in total. The van der Waals surface area contributed by atoms with Crippen molar-refractivity contribution in [1.29, 1.82) is 0 Å². The molecule has 1 saturated heterocycles. The van der Waals surface area contributed by atoms with Crippen molar-refractivity contribution in [2.45, 2.75) is 152 Å². The molecule has 9 heteroatoms. The number of carbonyl (C=O) groups excluding carboxylic acids is 5. The molecular weight excluding hydrogens is 729 g/mol. The molecule has 0 aromatic heterocycles. The van der Waals surface area contributed by atoms with Gasteiger partial charge in [0.15, 0.2) is 11.6 Å². The number of esters is 1. The van der Waals surface area contributed by atoms with Crippen LogP contribution in [0.1, 0.15) is 139 Å². The molecular formula is C49H68N2O7. The summed E-state index contributed by atoms with van der Waals surface area (Å²) < 4.78 is 11.5. The highest BCUT2D eigenvalue weighted by Gasteiger charge is 2.71. The Labute approximate surface area is 346 Å². The fraction of sp³-hybridized carbons (Fsp3) is 0.694. The lowest BCUT2D eigenvalue weighted by molar-refractivity contribution is -0.183. The van der Waals surface area contributed by atoms with E-state index < -0.39 is 21.8 Å². The zero-order valence-corrected chi connectivity index (χ0v) is 36.8. The van der Waals surface area contributed by atoms with E-state index >= 15 is 4.79 Å². The topological polar surface area (TPSA) is 119 Å². The molecule has 1 N–H and O–H groups in total. The Morgan fingerprint density at radius 2 is 1.53 bits per heavy atom. The summed E-state index contributed by atoms with van der Waals surface area (Å²) in [5, 5.41) is 3.13. The Kier molecular flexibility index (Phi) is 10.6. The van der Waals surface area contributed by atoms with E-state index in [-0.39, 0.29) is 76.2 Å². The van der Waals surface area contributed by atoms with E-state index in [1.54, 1.807) is 4.90 Å². The van der Waals surface area contributed by atoms with E-state index in [0.29, 0.717) is 44.3 Å². The maximum absolute atomic E-state index is 15.1. The Morgan fingerprint density at radius 1 is 0.879 bits per heavy atom. The normalized spacial score (nSPS) is 38.0. The molecule has 316 valence electrons. The van der Waals surface area contributed by atoms with E-state index in [1.165, 1.54) is 11.6 Å². The van der Waals surface area contributed by atoms with Crippen molar-refractivity contribution in [2.75, 3.05) is 13.1 Å². The quantitative estimate of drug-likeness (QED) is 0.233. The highest BCUT2D eigenvalue weighted by atomic mass is 16.6. The monoisotopic (exact) mass is 797 g/mol. The van der Waals surface area contributed by atoms with Crippen LogP contribution in [0, 0.1) is 50.2 Å². The van der Waals surface area contributed by atoms with Gasteiger partial charge in [0, 0.05) is 42.1 Å². The molecule has 0 spiro atoms. The number of nitrogens with zero attached hydrogens (tertiary/aromatic N) is 1. The van der Waals surface area contributed by atoms with Gasteiger partial charge in [-0.25, -0.2) is 4.79 Å². The molecule has 0 radical (unpaired) electrons. The minimum atomic E-state index is -0.749. The van der Waals surface area contributed by atoms with E-state index in [1.807, 2.05) is 71.0 Å². The van der Waals surface area contributed by atoms with Gasteiger partial charge in [-0.2, -0.15) is 0 Å². The number of hydrogen-bond donors (Lipinski definition) is 1. The molecule has 2 amide bonds. The number of fused-ring (bicyclic) bond motifs is 7. The summed E-state index contributed by atoms with van der Waals surface area (Å²) in [5.74, 6) is -0.580. The van der Waals surface area contributed by atoms with Crippen LogP contribution in [0.5, 0.6) is 0 Å². The standard InChI is InChI=1S/C49H68N2O7/c1-43(2,3)58-42(56)51-24-17-33(18-25-51)50-38(53)26-32-28-47(8)37(44(4,5)40(32)54)16-19-49(10)39(47)36(52)27-34-35-29-46(7,21-20-45(35,6)22-23-48(34,49)9)41(55)57-30-31-14-12-11-13-15-31/h11-15,26-27,33,35,37,39H,16-25,28-30H2,1-10H3,(H,50,53)/b32-26+/t35-,37-,39+,45+,46-,47-,48+,49+/m0/s1. The van der Waals surface area contributed by atoms with Crippen LogP contribution in [-0.2, 0) is 35.3 Å². The van der Waals surface area contributed by atoms with Crippen LogP contribution in [0.3, 0.4) is 0 Å². The van der Waals surface area contributed by atoms with Gasteiger partial charge in [-0.1, -0.05) is 77.4 Å². The predicted octanol–water partition coefficient (Wildman–Crippen LogP) is 9.33. The zero-order chi connectivity index (χ0) is 42.3. The van der Waals surface area contributed by atoms with Gasteiger partial charge >= 0.3 is 12.1 Å². The lowest BCUT2D eigenvalue weighted by Gasteiger charge is -2.70. The lowest BCUT2D eigenvalue weighted by Crippen LogP contribution is -2.66. The summed E-state index contributed by atoms with van der Waals surface area (Å²) in [4.78, 5) is 71.2. The summed E-state index contributed by atoms with van der Waals surface area (Å²) in [7, 11) is 0. The van der Waals surface area contributed by atoms with Crippen molar-refractivity contribution >= 4 is 29.5 Å². The molecule has 5 aliphatic carbocycles. The van der Waals surface area contributed by atoms with Crippen molar-refractivity contribution in [3.05, 3.63) is 59.2 Å². The Morgan fingerprint density at radius 3 is 2.19 bits per heavy atom. The number of piperidine rings is 1. The maximum atomic E-state index is 15.1. The van der Waals surface area contributed by atoms with Gasteiger partial charge in [-0.3, -0.25) is 19.2 Å². The minimum Gasteiger partial charge on any atom is -0.460 e. The molecule has 6 aliphatic rings. The summed E-state index contributed by atoms with van der Waals surface area (Å²) in [5.41, 5.74) is -0.473. The first-order valence-corrected chi connectivity index (χ1v) is 22.0. The Balaban J connectivity index is 1.13. The van der Waals surface area contributed by atoms with E-state index in [2.05, 4.69) is 39.9 Å². The molecule has 58 heavy (non-hydrogen) atoms. The number of rotatable bonds is 5. The molecule has 1 aliphatic heterocycles. The number of likely N-dealkylation sites (tertiary alicyclic amines) is 1. The van der Waals surface area contributed by atoms with E-state index in [9.17, 15) is 19.2 Å². The third kappa shape index (κ3) is 7.08. The number of Topliss-reactive ketones (excluding diaryl/α,β-unsaturated/α-hetero) is 1. The molecule has 1 aromatic carbocycles. The zero-order valence-electron chi connectivity index (χ0n) is 36.8. The number of benzene rings is 1. The summed E-state index contributed by atoms with van der Waals surface area (Å²) in [6.45, 7) is 22.2. The van der Waals surface area contributed by atoms with Gasteiger partial charge in [-0.15, -0.1) is 0 Å². The van der Waals surface area contributed by atoms with Gasteiger partial charge in [0.05, 0.1) is 5.41 Å². The number of allylic oxidation sites excluding steroid dienone is 3. The van der Waals surface area contributed by atoms with Crippen LogP contribution in [-0.4, -0.2) is 59.2 Å². The Hall–Kier alpha value is -3.75. The second kappa shape index (κ2) is 14.5. The summed E-state index contributed by atoms with van der Waals surface area (Å²) >= 11 is 0. The molecule has 0 unspecified atom stereocenters. The van der Waals surface area contributed by atoms with Gasteiger partial charge < -0.3 is 19.7 Å². The van der Waals surface area contributed by atoms with Gasteiger partial charge in [0.2, 0.25) is 5.91 Å². The van der Waals surface area contributed by atoms with E-state index in [4.69, 9.17) is 9.47 Å². The average molecular weight is 797 g/mol. The fourth-order valence-electron chi connectivity index (χ4n) is 13.2. The number of ether oxygens (including phenoxy) is 2. The van der Waals surface area contributed by atoms with Crippen LogP contribution in [0.15, 0.2) is 53.6 Å². The van der Waals surface area contributed by atoms with Crippen LogP contribution in [0.4, 0.5) is 4.79 Å². The highest BCUT2D eigenvalue weighted by molar-refractivity contribution is 6.06. The van der Waals surface area contributed by atoms with Crippen molar-refractivity contribution in [3.8, 4) is 0 Å². The summed E-state index contributed by atoms with van der Waals surface area (Å²) in [6, 6.07) is 9.69. The predicted molar refractivity (Wildman–Crippen MR) is 223 cm³/mol. The van der Waals surface area contributed by atoms with Crippen molar-refractivity contribution in [2.24, 2.45) is 50.2 Å². The minimum absolute atomic E-state index is 0.00625. The van der Waals surface area contributed by atoms with E-state index in [0.717, 1.165) is 44.1 Å². The largest absolute Gasteiger partial charge is 0.460 e. The van der Waals surface area contributed by atoms with Gasteiger partial charge in [-0.05, 0) is 137 Å². The van der Waals surface area contributed by atoms with Crippen LogP contribution < -0.4 is 5.32 Å². The number of carbonyl (C=O) groups is 5. The maximum Gasteiger partial charge on any atom is 0.410 e. The second-order valence-electron chi connectivity index (χ2n) is 22.0. The molecule has 7 rings (SSSR count). The third-order valence-corrected chi connectivity index (χ3v) is 16.7. The fourth-order valence-corrected chi connectivity index (χ4v) is 13.2. The van der Waals surface area contributed by atoms with Crippen molar-refractivity contribution in [1.82, 2.24) is 10.2 Å². The first-order chi connectivity index (χ1) is 27.0. The third-order valence-electron chi connectivity index (χ3n) is 16.7. The molecule has 1 heterocycles. The highest BCUT2D eigenvalue weighted by Crippen LogP contribution is 2.75. The average Bonchev–Trinajstić information content (AvgIpc) is 3.14. The number of nitrogens with one attached hydrogen (secondary N) is 1. The van der Waals surface area contributed by atoms with Crippen LogP contribution >= 0.6 is 0 Å². The molecule has 8 atom stereocenters. The smallest absolute Gasteiger partial charge is 0.410 e. The van der Waals surface area contributed by atoms with Crippen molar-refractivity contribution < 1.29 is 33.4 Å². The van der Waals surface area contributed by atoms with Gasteiger partial charge in [0.25, 0.3) is 0 Å². The van der Waals surface area contributed by atoms with Crippen LogP contribution in [0.25, 0.3) is 0 Å². The molecule has 1 aromatic rings. The molecule has 0 bridgehead atoms. The summed E-state index contributed by atoms with van der Waals surface area (Å²) in [6.07, 6.45) is 10.8. The second-order valence-corrected chi connectivity index (χ2v) is 22.0. The first-order valence-electron chi connectivity index (χ1n) is 22.0. The number of ketones is 2. The van der Waals surface area contributed by atoms with Crippen LogP contribution in [0.2, 0.25) is 0 Å². The SMILES string of the molecule is CC(C)(C)OC(=O)N1CCC(NC(=O)/C=C2\C[C@]3(C)[C@H]4C(=O)C=C5[C@@H]6C[C@@](C)(C(=O)OCc7ccccc7)CC[C@]6(C)CC[C@@]5(C)[C@]4(C)CC[C@H]3C(C)(C)C2=O)CC1. The first kappa shape index (κ1) is 42.4. The number of amides is 2. The molecule has 4 saturated carbocycles. The lowest BCUT2D eigenvalue weighted by atomic mass is 9.33. The molecule has 5 fully saturated rings. The Bertz CT molecular complexity index is 1920. The number of hydrogen-bond acceptors (Lipinski definition) is 7. The van der Waals surface area contributed by atoms with Crippen molar-refractivity contribution in [3.63, 3.8) is 0 Å².